The largest absolute Gasteiger partial charge is 0.506 e. The number of halogens is 4. The molecule has 132 valence electrons. The van der Waals surface area contributed by atoms with Crippen LogP contribution in [0.4, 0.5) is 17.6 Å². The maximum Gasteiger partial charge on any atom is 0.343 e. The van der Waals surface area contributed by atoms with Crippen molar-refractivity contribution in [1.82, 2.24) is 0 Å². The average molecular weight is 347 g/mol. The van der Waals surface area contributed by atoms with Gasteiger partial charge in [-0.15, -0.1) is 0 Å². The van der Waals surface area contributed by atoms with Gasteiger partial charge >= 0.3 is 5.97 Å². The lowest BCUT2D eigenvalue weighted by molar-refractivity contribution is -0.137. The number of rotatable bonds is 4. The first-order valence-electron chi connectivity index (χ1n) is 6.98. The Bertz CT molecular complexity index is 706. The van der Waals surface area contributed by atoms with Gasteiger partial charge in [0.15, 0.2) is 23.3 Å². The van der Waals surface area contributed by atoms with E-state index in [-0.39, 0.29) is 12.7 Å². The van der Waals surface area contributed by atoms with E-state index in [4.69, 9.17) is 4.74 Å². The smallest absolute Gasteiger partial charge is 0.343 e. The zero-order chi connectivity index (χ0) is 18.7. The van der Waals surface area contributed by atoms with Crippen LogP contribution in [0.5, 0.6) is 0 Å². The molecule has 0 saturated heterocycles. The van der Waals surface area contributed by atoms with Gasteiger partial charge in [0.2, 0.25) is 0 Å². The van der Waals surface area contributed by atoms with E-state index in [0.717, 1.165) is 6.21 Å². The fraction of sp³-hybridized carbons (Fsp3) is 0.375. The molecule has 24 heavy (non-hydrogen) atoms. The van der Waals surface area contributed by atoms with Crippen LogP contribution in [0.15, 0.2) is 16.6 Å². The topological polar surface area (TPSA) is 58.9 Å². The van der Waals surface area contributed by atoms with E-state index >= 15 is 0 Å². The van der Waals surface area contributed by atoms with E-state index in [1.807, 2.05) is 0 Å². The zero-order valence-electron chi connectivity index (χ0n) is 13.6. The van der Waals surface area contributed by atoms with Gasteiger partial charge in [-0.1, -0.05) is 0 Å². The van der Waals surface area contributed by atoms with E-state index in [9.17, 15) is 27.5 Å². The molecular formula is C16H17F4NO3. The van der Waals surface area contributed by atoms with Crippen LogP contribution < -0.4 is 0 Å². The molecule has 0 saturated carbocycles. The molecule has 0 amide bonds. The van der Waals surface area contributed by atoms with E-state index in [1.54, 1.807) is 20.8 Å². The number of aliphatic hydroxyl groups excluding tert-OH is 1. The number of carbonyl (C=O) groups excluding carboxylic acids is 1. The van der Waals surface area contributed by atoms with Crippen LogP contribution in [0, 0.1) is 23.3 Å². The number of nitrogens with zero attached hydrogens (tertiary/aromatic N) is 1. The number of ether oxygens (including phenoxy) is 1. The summed E-state index contributed by atoms with van der Waals surface area (Å²) in [6.45, 7) is 6.47. The first-order valence-corrected chi connectivity index (χ1v) is 6.98. The summed E-state index contributed by atoms with van der Waals surface area (Å²) in [5.41, 5.74) is -2.29. The van der Waals surface area contributed by atoms with Crippen LogP contribution in [-0.4, -0.2) is 29.4 Å². The van der Waals surface area contributed by atoms with Crippen molar-refractivity contribution in [2.75, 3.05) is 6.61 Å². The van der Waals surface area contributed by atoms with E-state index in [0.29, 0.717) is 0 Å². The average Bonchev–Trinajstić information content (AvgIpc) is 2.48. The molecule has 0 fully saturated rings. The van der Waals surface area contributed by atoms with Crippen molar-refractivity contribution in [1.29, 1.82) is 0 Å². The van der Waals surface area contributed by atoms with Crippen molar-refractivity contribution < 1.29 is 32.2 Å². The van der Waals surface area contributed by atoms with Gasteiger partial charge in [0.25, 0.3) is 0 Å². The Labute approximate surface area is 136 Å². The third-order valence-electron chi connectivity index (χ3n) is 2.69. The zero-order valence-corrected chi connectivity index (χ0v) is 13.6. The van der Waals surface area contributed by atoms with Crippen molar-refractivity contribution in [2.45, 2.75) is 33.2 Å². The molecule has 0 aliphatic rings. The highest BCUT2D eigenvalue weighted by Crippen LogP contribution is 2.25. The SMILES string of the molecule is CCOC(=O)C(C=NC(C)(C)C)=C(O)c1cc(F)c(F)c(F)c1F. The predicted molar refractivity (Wildman–Crippen MR) is 80.7 cm³/mol. The number of benzene rings is 1. The van der Waals surface area contributed by atoms with Crippen molar-refractivity contribution in [2.24, 2.45) is 4.99 Å². The van der Waals surface area contributed by atoms with Gasteiger partial charge in [-0.25, -0.2) is 22.4 Å². The fourth-order valence-electron chi connectivity index (χ4n) is 1.57. The molecule has 1 aromatic rings. The number of aliphatic hydroxyl groups is 1. The van der Waals surface area contributed by atoms with Gasteiger partial charge in [0, 0.05) is 6.21 Å². The van der Waals surface area contributed by atoms with Gasteiger partial charge in [-0.2, -0.15) is 0 Å². The molecule has 0 spiro atoms. The monoisotopic (exact) mass is 347 g/mol. The summed E-state index contributed by atoms with van der Waals surface area (Å²) in [5.74, 6) is -9.87. The second-order valence-electron chi connectivity index (χ2n) is 5.76. The Balaban J connectivity index is 3.59. The molecule has 4 nitrogen and oxygen atoms in total. The van der Waals surface area contributed by atoms with Gasteiger partial charge in [-0.05, 0) is 33.8 Å². The summed E-state index contributed by atoms with van der Waals surface area (Å²) in [4.78, 5) is 15.9. The molecule has 0 heterocycles. The second-order valence-corrected chi connectivity index (χ2v) is 5.76. The third kappa shape index (κ3) is 4.56. The Morgan fingerprint density at radius 3 is 2.29 bits per heavy atom. The summed E-state index contributed by atoms with van der Waals surface area (Å²) >= 11 is 0. The molecule has 0 aromatic heterocycles. The lowest BCUT2D eigenvalue weighted by Crippen LogP contribution is -2.16. The Hall–Kier alpha value is -2.38. The molecule has 0 atom stereocenters. The molecule has 1 rings (SSSR count). The van der Waals surface area contributed by atoms with Crippen LogP contribution in [0.1, 0.15) is 33.3 Å². The molecule has 0 bridgehead atoms. The summed E-state index contributed by atoms with van der Waals surface area (Å²) in [7, 11) is 0. The van der Waals surface area contributed by atoms with Crippen LogP contribution >= 0.6 is 0 Å². The minimum atomic E-state index is -2.10. The van der Waals surface area contributed by atoms with Crippen molar-refractivity contribution in [3.05, 3.63) is 40.5 Å². The van der Waals surface area contributed by atoms with Crippen LogP contribution in [0.2, 0.25) is 0 Å². The summed E-state index contributed by atoms with van der Waals surface area (Å²) < 4.78 is 58.2. The summed E-state index contributed by atoms with van der Waals surface area (Å²) in [6.07, 6.45) is 0.909. The molecule has 1 N–H and O–H groups in total. The van der Waals surface area contributed by atoms with Crippen molar-refractivity contribution >= 4 is 17.9 Å². The van der Waals surface area contributed by atoms with Gasteiger partial charge in [0.1, 0.15) is 11.3 Å². The van der Waals surface area contributed by atoms with E-state index in [1.165, 1.54) is 6.92 Å². The number of hydrogen-bond acceptors (Lipinski definition) is 4. The van der Waals surface area contributed by atoms with Crippen LogP contribution in [-0.2, 0) is 9.53 Å². The first kappa shape index (κ1) is 19.7. The predicted octanol–water partition coefficient (Wildman–Crippen LogP) is 3.94. The molecule has 1 aromatic carbocycles. The number of hydrogen-bond donors (Lipinski definition) is 1. The maximum absolute atomic E-state index is 13.8. The molecular weight excluding hydrogens is 330 g/mol. The summed E-state index contributed by atoms with van der Waals surface area (Å²) in [6, 6.07) is 0.243. The lowest BCUT2D eigenvalue weighted by atomic mass is 10.1. The van der Waals surface area contributed by atoms with Crippen molar-refractivity contribution in [3.63, 3.8) is 0 Å². The highest BCUT2D eigenvalue weighted by Gasteiger charge is 2.25. The van der Waals surface area contributed by atoms with Crippen LogP contribution in [0.3, 0.4) is 0 Å². The van der Waals surface area contributed by atoms with Crippen LogP contribution in [0.25, 0.3) is 5.76 Å². The standard InChI is InChI=1S/C16H17F4NO3/c1-5-24-15(23)9(7-21-16(2,3)4)14(22)8-6-10(17)12(19)13(20)11(8)18/h6-7,22H,5H2,1-4H3. The van der Waals surface area contributed by atoms with Gasteiger partial charge < -0.3 is 9.84 Å². The number of carbonyl (C=O) groups is 1. The first-order chi connectivity index (χ1) is 11.0. The van der Waals surface area contributed by atoms with Gasteiger partial charge in [-0.3, -0.25) is 4.99 Å². The molecule has 0 aliphatic carbocycles. The fourth-order valence-corrected chi connectivity index (χ4v) is 1.57. The molecule has 0 unspecified atom stereocenters. The normalized spacial score (nSPS) is 13.2. The lowest BCUT2D eigenvalue weighted by Gasteiger charge is -2.13. The second kappa shape index (κ2) is 7.46. The van der Waals surface area contributed by atoms with E-state index in [2.05, 4.69) is 4.99 Å². The third-order valence-corrected chi connectivity index (χ3v) is 2.69. The maximum atomic E-state index is 13.8. The summed E-state index contributed by atoms with van der Waals surface area (Å²) in [5, 5.41) is 10.1. The number of aliphatic imine (C=N–C) groups is 1. The minimum absolute atomic E-state index is 0.0619. The quantitative estimate of drug-likeness (QED) is 0.171. The molecule has 8 heteroatoms. The Morgan fingerprint density at radius 2 is 1.79 bits per heavy atom. The Morgan fingerprint density at radius 1 is 1.21 bits per heavy atom. The van der Waals surface area contributed by atoms with E-state index < -0.39 is 51.7 Å². The molecule has 0 aliphatic heterocycles. The van der Waals surface area contributed by atoms with Crippen molar-refractivity contribution in [3.8, 4) is 0 Å². The highest BCUT2D eigenvalue weighted by molar-refractivity contribution is 6.15. The Kier molecular flexibility index (Phi) is 6.11. The minimum Gasteiger partial charge on any atom is -0.506 e. The highest BCUT2D eigenvalue weighted by atomic mass is 19.2. The molecule has 0 radical (unpaired) electrons. The van der Waals surface area contributed by atoms with Gasteiger partial charge in [0.05, 0.1) is 17.7 Å². The number of esters is 1.